The van der Waals surface area contributed by atoms with Gasteiger partial charge in [-0.2, -0.15) is 4.68 Å². The van der Waals surface area contributed by atoms with Gasteiger partial charge in [0.15, 0.2) is 0 Å². The van der Waals surface area contributed by atoms with Gasteiger partial charge in [0.05, 0.1) is 0 Å². The van der Waals surface area contributed by atoms with E-state index in [1.807, 2.05) is 42.7 Å². The fraction of sp³-hybridized carbons (Fsp3) is 0.208. The summed E-state index contributed by atoms with van der Waals surface area (Å²) in [5.41, 5.74) is 4.16. The SMILES string of the molecule is Cc1cccc(CSc2nnc(Nc3ccc(C(C)C)cc3)c(=O)n2-n2cccc2)c1. The van der Waals surface area contributed by atoms with Crippen molar-refractivity contribution in [2.45, 2.75) is 37.6 Å². The second kappa shape index (κ2) is 9.22. The zero-order valence-corrected chi connectivity index (χ0v) is 18.6. The lowest BCUT2D eigenvalue weighted by molar-refractivity contribution is 0.533. The molecular formula is C24H25N5OS. The molecule has 31 heavy (non-hydrogen) atoms. The monoisotopic (exact) mass is 431 g/mol. The topological polar surface area (TPSA) is 64.7 Å². The highest BCUT2D eigenvalue weighted by atomic mass is 32.2. The number of nitrogens with zero attached hydrogens (tertiary/aromatic N) is 4. The van der Waals surface area contributed by atoms with E-state index in [-0.39, 0.29) is 11.4 Å². The molecule has 0 spiro atoms. The van der Waals surface area contributed by atoms with Gasteiger partial charge in [-0.25, -0.2) is 0 Å². The van der Waals surface area contributed by atoms with E-state index in [9.17, 15) is 4.79 Å². The molecule has 0 atom stereocenters. The standard InChI is InChI=1S/C24H25N5OS/c1-17(2)20-9-11-21(12-10-20)25-22-23(30)29(28-13-4-5-14-28)24(27-26-22)31-16-19-8-6-7-18(3)15-19/h4-15,17H,16H2,1-3H3,(H,25,26). The second-order valence-electron chi connectivity index (χ2n) is 7.69. The summed E-state index contributed by atoms with van der Waals surface area (Å²) in [6.07, 6.45) is 3.64. The van der Waals surface area contributed by atoms with Crippen molar-refractivity contribution >= 4 is 23.3 Å². The van der Waals surface area contributed by atoms with Crippen LogP contribution in [-0.2, 0) is 5.75 Å². The molecule has 0 bridgehead atoms. The van der Waals surface area contributed by atoms with Crippen molar-refractivity contribution in [3.8, 4) is 0 Å². The van der Waals surface area contributed by atoms with Crippen LogP contribution in [0.25, 0.3) is 0 Å². The molecule has 0 saturated heterocycles. The summed E-state index contributed by atoms with van der Waals surface area (Å²) in [5.74, 6) is 1.33. The van der Waals surface area contributed by atoms with Gasteiger partial charge in [-0.05, 0) is 48.2 Å². The van der Waals surface area contributed by atoms with Crippen molar-refractivity contribution in [3.05, 3.63) is 100 Å². The first-order valence-corrected chi connectivity index (χ1v) is 11.2. The van der Waals surface area contributed by atoms with Crippen LogP contribution in [0.4, 0.5) is 11.5 Å². The van der Waals surface area contributed by atoms with E-state index < -0.39 is 0 Å². The average Bonchev–Trinajstić information content (AvgIpc) is 3.29. The van der Waals surface area contributed by atoms with Crippen LogP contribution in [0.3, 0.4) is 0 Å². The van der Waals surface area contributed by atoms with E-state index in [4.69, 9.17) is 0 Å². The second-order valence-corrected chi connectivity index (χ2v) is 8.63. The molecule has 1 N–H and O–H groups in total. The molecule has 0 aliphatic carbocycles. The van der Waals surface area contributed by atoms with Gasteiger partial charge in [-0.15, -0.1) is 10.2 Å². The third kappa shape index (κ3) is 4.88. The highest BCUT2D eigenvalue weighted by Crippen LogP contribution is 2.22. The minimum atomic E-state index is -0.258. The minimum absolute atomic E-state index is 0.186. The Morgan fingerprint density at radius 3 is 2.42 bits per heavy atom. The lowest BCUT2D eigenvalue weighted by Gasteiger charge is -2.14. The number of benzene rings is 2. The Labute approximate surface area is 185 Å². The van der Waals surface area contributed by atoms with Gasteiger partial charge in [0, 0.05) is 23.8 Å². The van der Waals surface area contributed by atoms with Gasteiger partial charge in [0.2, 0.25) is 11.0 Å². The van der Waals surface area contributed by atoms with Gasteiger partial charge < -0.3 is 5.32 Å². The molecule has 4 aromatic rings. The zero-order valence-electron chi connectivity index (χ0n) is 17.8. The molecule has 0 radical (unpaired) electrons. The van der Waals surface area contributed by atoms with Crippen molar-refractivity contribution in [1.82, 2.24) is 19.5 Å². The lowest BCUT2D eigenvalue weighted by atomic mass is 10.0. The molecule has 2 aromatic carbocycles. The molecule has 0 unspecified atom stereocenters. The normalized spacial score (nSPS) is 11.1. The van der Waals surface area contributed by atoms with Gasteiger partial charge in [-0.1, -0.05) is 67.6 Å². The molecule has 0 aliphatic rings. The summed E-state index contributed by atoms with van der Waals surface area (Å²) in [4.78, 5) is 13.3. The molecular weight excluding hydrogens is 406 g/mol. The maximum Gasteiger partial charge on any atom is 0.316 e. The predicted octanol–water partition coefficient (Wildman–Crippen LogP) is 5.22. The highest BCUT2D eigenvalue weighted by molar-refractivity contribution is 7.98. The summed E-state index contributed by atoms with van der Waals surface area (Å²) in [7, 11) is 0. The van der Waals surface area contributed by atoms with Crippen LogP contribution in [0.2, 0.25) is 0 Å². The minimum Gasteiger partial charge on any atom is -0.334 e. The molecule has 2 aromatic heterocycles. The first kappa shape index (κ1) is 20.9. The van der Waals surface area contributed by atoms with Crippen LogP contribution in [0.15, 0.2) is 83.0 Å². The van der Waals surface area contributed by atoms with Crippen molar-refractivity contribution in [2.24, 2.45) is 0 Å². The van der Waals surface area contributed by atoms with E-state index in [1.54, 1.807) is 4.68 Å². The van der Waals surface area contributed by atoms with Crippen LogP contribution in [0.1, 0.15) is 36.5 Å². The molecule has 7 heteroatoms. The Balaban J connectivity index is 1.64. The number of hydrogen-bond donors (Lipinski definition) is 1. The Morgan fingerprint density at radius 1 is 1.00 bits per heavy atom. The van der Waals surface area contributed by atoms with Crippen LogP contribution in [0.5, 0.6) is 0 Å². The third-order valence-electron chi connectivity index (χ3n) is 4.92. The van der Waals surface area contributed by atoms with Crippen LogP contribution >= 0.6 is 11.8 Å². The van der Waals surface area contributed by atoms with E-state index in [0.29, 0.717) is 16.8 Å². The number of nitrogens with one attached hydrogen (secondary N) is 1. The lowest BCUT2D eigenvalue weighted by Crippen LogP contribution is -2.30. The summed E-state index contributed by atoms with van der Waals surface area (Å²) >= 11 is 1.48. The Morgan fingerprint density at radius 2 is 1.74 bits per heavy atom. The number of rotatable bonds is 7. The molecule has 0 saturated carbocycles. The van der Waals surface area contributed by atoms with Gasteiger partial charge in [0.1, 0.15) is 0 Å². The molecule has 6 nitrogen and oxygen atoms in total. The van der Waals surface area contributed by atoms with Crippen molar-refractivity contribution in [1.29, 1.82) is 0 Å². The van der Waals surface area contributed by atoms with Crippen LogP contribution in [0, 0.1) is 6.92 Å². The van der Waals surface area contributed by atoms with Crippen molar-refractivity contribution in [3.63, 3.8) is 0 Å². The molecule has 0 fully saturated rings. The van der Waals surface area contributed by atoms with Gasteiger partial charge >= 0.3 is 5.56 Å². The Hall–Kier alpha value is -3.32. The molecule has 0 amide bonds. The number of thioether (sulfide) groups is 1. The molecule has 0 aliphatic heterocycles. The largest absolute Gasteiger partial charge is 0.334 e. The van der Waals surface area contributed by atoms with Crippen LogP contribution < -0.4 is 10.9 Å². The maximum atomic E-state index is 13.3. The summed E-state index contributed by atoms with van der Waals surface area (Å²) in [6.45, 7) is 6.37. The van der Waals surface area contributed by atoms with E-state index in [0.717, 1.165) is 5.69 Å². The van der Waals surface area contributed by atoms with Gasteiger partial charge in [0.25, 0.3) is 0 Å². The fourth-order valence-electron chi connectivity index (χ4n) is 3.23. The number of aryl methyl sites for hydroxylation is 1. The predicted molar refractivity (Wildman–Crippen MR) is 126 cm³/mol. The quantitative estimate of drug-likeness (QED) is 0.407. The molecule has 4 rings (SSSR count). The fourth-order valence-corrected chi connectivity index (χ4v) is 4.11. The van der Waals surface area contributed by atoms with E-state index in [2.05, 4.69) is 66.6 Å². The highest BCUT2D eigenvalue weighted by Gasteiger charge is 2.15. The molecule has 158 valence electrons. The first-order chi connectivity index (χ1) is 15.0. The molecule has 2 heterocycles. The Bertz CT molecular complexity index is 1210. The summed E-state index contributed by atoms with van der Waals surface area (Å²) in [5, 5.41) is 12.2. The van der Waals surface area contributed by atoms with E-state index >= 15 is 0 Å². The van der Waals surface area contributed by atoms with Crippen LogP contribution in [-0.4, -0.2) is 19.5 Å². The Kier molecular flexibility index (Phi) is 6.23. The van der Waals surface area contributed by atoms with E-state index in [1.165, 1.54) is 33.1 Å². The number of hydrogen-bond acceptors (Lipinski definition) is 5. The zero-order chi connectivity index (χ0) is 21.8. The van der Waals surface area contributed by atoms with Crippen molar-refractivity contribution < 1.29 is 0 Å². The number of anilines is 2. The summed E-state index contributed by atoms with van der Waals surface area (Å²) < 4.78 is 3.26. The number of aromatic nitrogens is 4. The van der Waals surface area contributed by atoms with Crippen molar-refractivity contribution in [2.75, 3.05) is 5.32 Å². The van der Waals surface area contributed by atoms with Gasteiger partial charge in [-0.3, -0.25) is 9.47 Å². The smallest absolute Gasteiger partial charge is 0.316 e. The first-order valence-electron chi connectivity index (χ1n) is 10.2. The average molecular weight is 432 g/mol. The summed E-state index contributed by atoms with van der Waals surface area (Å²) in [6, 6.07) is 20.1. The maximum absolute atomic E-state index is 13.3. The third-order valence-corrected chi connectivity index (χ3v) is 5.91.